The fraction of sp³-hybridized carbons (Fsp3) is 0.667. The number of nitrogens with zero attached hydrogens (tertiary/aromatic N) is 1. The highest BCUT2D eigenvalue weighted by atomic mass is 35.5. The summed E-state index contributed by atoms with van der Waals surface area (Å²) in [7, 11) is 0. The van der Waals surface area contributed by atoms with Crippen molar-refractivity contribution in [3.05, 3.63) is 16.1 Å². The Hall–Kier alpha value is -0.0100. The quantitative estimate of drug-likeness (QED) is 0.849. The van der Waals surface area contributed by atoms with Crippen molar-refractivity contribution < 1.29 is 4.79 Å². The normalized spacial score (nSPS) is 17.4. The molecule has 1 atom stereocenters. The molecule has 1 aromatic rings. The first-order chi connectivity index (χ1) is 8.66. The van der Waals surface area contributed by atoms with Crippen molar-refractivity contribution >= 4 is 53.8 Å². The predicted octanol–water partition coefficient (Wildman–Crippen LogP) is 2.43. The zero-order valence-electron chi connectivity index (χ0n) is 11.5. The molecule has 2 rings (SSSR count). The number of thioether (sulfide) groups is 1. The minimum atomic E-state index is -0.0170. The molecule has 1 fully saturated rings. The van der Waals surface area contributed by atoms with Crippen LogP contribution in [-0.4, -0.2) is 35.1 Å². The van der Waals surface area contributed by atoms with Crippen LogP contribution in [0.4, 0.5) is 0 Å². The Morgan fingerprint density at radius 1 is 1.55 bits per heavy atom. The average Bonchev–Trinajstić information content (AvgIpc) is 3.00. The lowest BCUT2D eigenvalue weighted by molar-refractivity contribution is -0.122. The molecule has 0 aromatic carbocycles. The molecular weight excluding hydrogens is 337 g/mol. The van der Waals surface area contributed by atoms with Gasteiger partial charge >= 0.3 is 0 Å². The molecule has 1 amide bonds. The van der Waals surface area contributed by atoms with E-state index in [-0.39, 0.29) is 36.8 Å². The van der Waals surface area contributed by atoms with E-state index in [1.807, 2.05) is 0 Å². The SMILES string of the molecule is CC(C)c1nc(CCNC(=O)C2CSCN2)cs1.Cl.Cl. The van der Waals surface area contributed by atoms with Crippen LogP contribution >= 0.6 is 47.9 Å². The van der Waals surface area contributed by atoms with Gasteiger partial charge in [0.15, 0.2) is 0 Å². The highest BCUT2D eigenvalue weighted by Crippen LogP contribution is 2.19. The van der Waals surface area contributed by atoms with E-state index < -0.39 is 0 Å². The van der Waals surface area contributed by atoms with Crippen LogP contribution in [0.1, 0.15) is 30.5 Å². The van der Waals surface area contributed by atoms with E-state index >= 15 is 0 Å². The van der Waals surface area contributed by atoms with E-state index in [2.05, 4.69) is 34.8 Å². The zero-order chi connectivity index (χ0) is 13.0. The van der Waals surface area contributed by atoms with Crippen molar-refractivity contribution in [1.29, 1.82) is 0 Å². The number of nitrogens with one attached hydrogen (secondary N) is 2. The molecule has 0 aliphatic carbocycles. The highest BCUT2D eigenvalue weighted by molar-refractivity contribution is 7.99. The van der Waals surface area contributed by atoms with Crippen LogP contribution in [0.5, 0.6) is 0 Å². The Bertz CT molecular complexity index is 409. The van der Waals surface area contributed by atoms with Gasteiger partial charge in [0.1, 0.15) is 0 Å². The first-order valence-electron chi connectivity index (χ1n) is 6.20. The molecular formula is C12H21Cl2N3OS2. The maximum atomic E-state index is 11.7. The molecule has 1 aliphatic rings. The van der Waals surface area contributed by atoms with Gasteiger partial charge in [-0.25, -0.2) is 4.98 Å². The summed E-state index contributed by atoms with van der Waals surface area (Å²) in [5, 5.41) is 9.38. The van der Waals surface area contributed by atoms with E-state index in [0.717, 1.165) is 23.7 Å². The number of rotatable bonds is 5. The summed E-state index contributed by atoms with van der Waals surface area (Å²) in [5.74, 6) is 2.35. The van der Waals surface area contributed by atoms with Crippen molar-refractivity contribution in [3.8, 4) is 0 Å². The van der Waals surface area contributed by atoms with E-state index in [1.165, 1.54) is 5.01 Å². The lowest BCUT2D eigenvalue weighted by atomic mass is 10.2. The van der Waals surface area contributed by atoms with Crippen LogP contribution in [0.15, 0.2) is 5.38 Å². The van der Waals surface area contributed by atoms with Crippen molar-refractivity contribution in [2.45, 2.75) is 32.2 Å². The lowest BCUT2D eigenvalue weighted by Crippen LogP contribution is -2.42. The number of thiazole rings is 1. The van der Waals surface area contributed by atoms with Crippen LogP contribution in [0.25, 0.3) is 0 Å². The van der Waals surface area contributed by atoms with Gasteiger partial charge in [-0.1, -0.05) is 13.8 Å². The molecule has 4 nitrogen and oxygen atoms in total. The van der Waals surface area contributed by atoms with Gasteiger partial charge in [0, 0.05) is 35.9 Å². The second-order valence-electron chi connectivity index (χ2n) is 4.64. The molecule has 116 valence electrons. The summed E-state index contributed by atoms with van der Waals surface area (Å²) in [4.78, 5) is 16.3. The minimum Gasteiger partial charge on any atom is -0.354 e. The molecule has 2 heterocycles. The van der Waals surface area contributed by atoms with Gasteiger partial charge in [-0.2, -0.15) is 0 Å². The van der Waals surface area contributed by atoms with Crippen molar-refractivity contribution in [2.24, 2.45) is 0 Å². The third kappa shape index (κ3) is 5.77. The fourth-order valence-electron chi connectivity index (χ4n) is 1.70. The van der Waals surface area contributed by atoms with Gasteiger partial charge in [0.25, 0.3) is 0 Å². The number of amides is 1. The van der Waals surface area contributed by atoms with Gasteiger partial charge in [0.05, 0.1) is 16.7 Å². The van der Waals surface area contributed by atoms with Gasteiger partial charge in [-0.05, 0) is 0 Å². The van der Waals surface area contributed by atoms with Crippen LogP contribution in [0.3, 0.4) is 0 Å². The van der Waals surface area contributed by atoms with Crippen LogP contribution < -0.4 is 10.6 Å². The topological polar surface area (TPSA) is 54.0 Å². The summed E-state index contributed by atoms with van der Waals surface area (Å²) in [6.45, 7) is 4.96. The molecule has 0 radical (unpaired) electrons. The Kier molecular flexibility index (Phi) is 9.84. The number of hydrogen-bond donors (Lipinski definition) is 2. The average molecular weight is 358 g/mol. The number of halogens is 2. The van der Waals surface area contributed by atoms with Crippen molar-refractivity contribution in [3.63, 3.8) is 0 Å². The molecule has 0 spiro atoms. The largest absolute Gasteiger partial charge is 0.354 e. The Morgan fingerprint density at radius 2 is 2.30 bits per heavy atom. The second kappa shape index (κ2) is 9.84. The molecule has 1 saturated heterocycles. The molecule has 8 heteroatoms. The van der Waals surface area contributed by atoms with E-state index in [1.54, 1.807) is 23.1 Å². The highest BCUT2D eigenvalue weighted by Gasteiger charge is 2.21. The molecule has 1 aromatic heterocycles. The molecule has 1 aliphatic heterocycles. The third-order valence-corrected chi connectivity index (χ3v) is 4.91. The molecule has 0 saturated carbocycles. The standard InChI is InChI=1S/C12H19N3OS2.2ClH/c1-8(2)12-15-9(5-18-12)3-4-13-11(16)10-6-17-7-14-10;;/h5,8,10,14H,3-4,6-7H2,1-2H3,(H,13,16);2*1H. The molecule has 2 N–H and O–H groups in total. The number of carbonyl (C=O) groups excluding carboxylic acids is 1. The smallest absolute Gasteiger partial charge is 0.238 e. The third-order valence-electron chi connectivity index (χ3n) is 2.78. The van der Waals surface area contributed by atoms with Crippen LogP contribution in [0, 0.1) is 0 Å². The van der Waals surface area contributed by atoms with E-state index in [0.29, 0.717) is 12.5 Å². The molecule has 0 bridgehead atoms. The summed E-state index contributed by atoms with van der Waals surface area (Å²) in [6.07, 6.45) is 0.814. The Morgan fingerprint density at radius 3 is 2.85 bits per heavy atom. The monoisotopic (exact) mass is 357 g/mol. The van der Waals surface area contributed by atoms with Crippen LogP contribution in [0.2, 0.25) is 0 Å². The molecule has 20 heavy (non-hydrogen) atoms. The van der Waals surface area contributed by atoms with Crippen molar-refractivity contribution in [1.82, 2.24) is 15.6 Å². The fourth-order valence-corrected chi connectivity index (χ4v) is 3.51. The number of aromatic nitrogens is 1. The Labute approximate surface area is 140 Å². The van der Waals surface area contributed by atoms with Gasteiger partial charge in [-0.15, -0.1) is 47.9 Å². The lowest BCUT2D eigenvalue weighted by Gasteiger charge is -2.09. The molecule has 1 unspecified atom stereocenters. The zero-order valence-corrected chi connectivity index (χ0v) is 14.8. The number of carbonyl (C=O) groups is 1. The van der Waals surface area contributed by atoms with Gasteiger partial charge in [-0.3, -0.25) is 10.1 Å². The van der Waals surface area contributed by atoms with E-state index in [4.69, 9.17) is 0 Å². The van der Waals surface area contributed by atoms with Crippen LogP contribution in [-0.2, 0) is 11.2 Å². The maximum absolute atomic E-state index is 11.7. The predicted molar refractivity (Wildman–Crippen MR) is 91.7 cm³/mol. The second-order valence-corrected chi connectivity index (χ2v) is 6.56. The summed E-state index contributed by atoms with van der Waals surface area (Å²) in [5.41, 5.74) is 1.08. The summed E-state index contributed by atoms with van der Waals surface area (Å²) >= 11 is 3.47. The first kappa shape index (κ1) is 20.0. The van der Waals surface area contributed by atoms with Gasteiger partial charge < -0.3 is 5.32 Å². The minimum absolute atomic E-state index is 0. The number of hydrogen-bond acceptors (Lipinski definition) is 5. The van der Waals surface area contributed by atoms with E-state index in [9.17, 15) is 4.79 Å². The van der Waals surface area contributed by atoms with Crippen molar-refractivity contribution in [2.75, 3.05) is 18.2 Å². The summed E-state index contributed by atoms with van der Waals surface area (Å²) in [6, 6.07) is -0.0170. The Balaban J connectivity index is 0.00000180. The maximum Gasteiger partial charge on any atom is 0.238 e. The first-order valence-corrected chi connectivity index (χ1v) is 8.23. The van der Waals surface area contributed by atoms with Gasteiger partial charge in [0.2, 0.25) is 5.91 Å². The summed E-state index contributed by atoms with van der Waals surface area (Å²) < 4.78 is 0.